The topological polar surface area (TPSA) is 94.0 Å². The second kappa shape index (κ2) is 40.0. The van der Waals surface area contributed by atoms with Crippen LogP contribution in [-0.2, 0) is 40.2 Å². The first-order valence-electron chi connectivity index (χ1n) is 44.4. The number of para-hydroxylation sites is 7. The molecule has 2 radical (unpaired) electrons. The maximum absolute atomic E-state index is 4.86. The van der Waals surface area contributed by atoms with Crippen molar-refractivity contribution >= 4 is 43.6 Å². The molecule has 0 aliphatic carbocycles. The van der Waals surface area contributed by atoms with E-state index in [0.29, 0.717) is 35.5 Å². The van der Waals surface area contributed by atoms with Gasteiger partial charge in [0.25, 0.3) is 0 Å². The first-order chi connectivity index (χ1) is 61.8. The molecule has 129 heavy (non-hydrogen) atoms. The summed E-state index contributed by atoms with van der Waals surface area (Å²) < 4.78 is 13.5. The molecule has 0 saturated carbocycles. The molecule has 0 fully saturated rings. The maximum Gasteiger partial charge on any atom is 0.159 e. The van der Waals surface area contributed by atoms with Crippen LogP contribution in [0.5, 0.6) is 0 Å². The zero-order valence-corrected chi connectivity index (χ0v) is 80.7. The van der Waals surface area contributed by atoms with Crippen molar-refractivity contribution in [2.45, 2.75) is 139 Å². The van der Waals surface area contributed by atoms with E-state index in [4.69, 9.17) is 15.1 Å². The van der Waals surface area contributed by atoms with Gasteiger partial charge in [-0.1, -0.05) is 265 Å². The first kappa shape index (κ1) is 90.5. The van der Waals surface area contributed by atoms with Crippen molar-refractivity contribution in [1.82, 2.24) is 52.6 Å². The van der Waals surface area contributed by atoms with Crippen molar-refractivity contribution in [3.05, 3.63) is 415 Å². The van der Waals surface area contributed by atoms with E-state index in [0.717, 1.165) is 68.3 Å². The zero-order valence-electron chi connectivity index (χ0n) is 75.9. The van der Waals surface area contributed by atoms with Gasteiger partial charge in [0.1, 0.15) is 0 Å². The Balaban J connectivity index is 0.000000136. The van der Waals surface area contributed by atoms with Gasteiger partial charge in [-0.3, -0.25) is 15.0 Å². The predicted octanol–water partition coefficient (Wildman–Crippen LogP) is 29.9. The van der Waals surface area contributed by atoms with Crippen LogP contribution < -0.4 is 0 Å². The minimum atomic E-state index is 0. The van der Waals surface area contributed by atoms with Gasteiger partial charge in [-0.15, -0.1) is 137 Å². The van der Waals surface area contributed by atoms with E-state index in [2.05, 4.69) is 439 Å². The molecule has 0 unspecified atom stereocenters. The van der Waals surface area contributed by atoms with Crippen LogP contribution in [0.2, 0.25) is 0 Å². The standard InChI is InChI=1S/C39H34N3.C33H30N3.C27H28N3.C17H15N2.2Ir/c1-26(2)34-24-30(28-12-6-5-7-13-28)25-35(27(3)4)38(34)41-23-22-40-39(41)29-18-20-31(21-19-29)42-36-16-10-8-14-32(36)33-15-9-11-17-37(33)42;1-22(2)26-12-9-13-27(23(3)4)32(26)35-21-20-34-33(35)24-16-18-25(19-17-24)36-30-14-7-5-10-28(30)29-11-6-8-15-31(29)36;1-18(2)22-16-11-17-23(19(3)4)25(22)30-26(21-13-7-6-8-14-21)28-29-27(30)24-15-10-9-12-20(24)5;1-13-7-6-8-14(2)16(13)19-12-11-18-17(19)15-9-4-3-5-10-15;;/h5-18,20-27H,1-4H3;5-16,18-23H,1-4H3;6-13,15-19H,1-5H3;3-9,11-12H,1-2H3;;/q4*-1;;. The molecule has 0 spiro atoms. The molecule has 20 rings (SSSR count). The summed E-state index contributed by atoms with van der Waals surface area (Å²) in [5.74, 6) is 6.70. The van der Waals surface area contributed by atoms with Gasteiger partial charge in [-0.05, 0) is 165 Å². The minimum Gasteiger partial charge on any atom is -0.351 e. The van der Waals surface area contributed by atoms with Crippen molar-refractivity contribution in [3.63, 3.8) is 0 Å². The number of aryl methyl sites for hydroxylation is 3. The number of aromatic nitrogens is 11. The summed E-state index contributed by atoms with van der Waals surface area (Å²) in [5, 5.41) is 14.4. The number of hydrogen-bond acceptors (Lipinski definition) is 5. The third-order valence-corrected chi connectivity index (χ3v) is 24.2. The molecule has 14 aromatic carbocycles. The molecule has 0 aliphatic heterocycles. The number of benzene rings is 14. The normalized spacial score (nSPS) is 11.4. The van der Waals surface area contributed by atoms with E-state index in [9.17, 15) is 0 Å². The SMILES string of the molecule is CC(C)c1cc(-c2ccccc2)cc(C(C)C)c1-n1ccnc1-c1[c-]cc(-n2c3ccccc3c3ccccc32)cc1.CC(C)c1cccc(C(C)C)c1-n1ccnc1-c1[c-]cc(-n2c3ccccc3c3ccccc32)cc1.Cc1cccc(C)c1-n1ccnc1-c1[c-]cccc1.Cc1ccccc1-c1nnc(-c2[c-]cccc2)n1-c1c(C(C)C)cccc1C(C)C.[Ir].[Ir]. The van der Waals surface area contributed by atoms with Gasteiger partial charge in [0.15, 0.2) is 5.82 Å². The Bertz CT molecular complexity index is 7030. The van der Waals surface area contributed by atoms with Gasteiger partial charge in [0, 0.05) is 149 Å². The molecule has 0 aliphatic rings. The summed E-state index contributed by atoms with van der Waals surface area (Å²) in [6, 6.07) is 120. The second-order valence-electron chi connectivity index (χ2n) is 34.7. The molecule has 0 N–H and O–H groups in total. The van der Waals surface area contributed by atoms with E-state index >= 15 is 0 Å². The summed E-state index contributed by atoms with van der Waals surface area (Å²) in [5.41, 5.74) is 30.9. The number of fused-ring (bicyclic) bond motifs is 6. The van der Waals surface area contributed by atoms with Gasteiger partial charge < -0.3 is 27.4 Å². The Hall–Kier alpha value is -13.3. The summed E-state index contributed by atoms with van der Waals surface area (Å²) in [6.45, 7) is 33.5. The van der Waals surface area contributed by atoms with Gasteiger partial charge in [-0.25, -0.2) is 0 Å². The Morgan fingerprint density at radius 1 is 0.256 bits per heavy atom. The third-order valence-electron chi connectivity index (χ3n) is 24.2. The fourth-order valence-electron chi connectivity index (χ4n) is 18.0. The van der Waals surface area contributed by atoms with Crippen LogP contribution in [0.3, 0.4) is 0 Å². The number of nitrogens with zero attached hydrogens (tertiary/aromatic N) is 11. The average molecular weight is 2040 g/mol. The fourth-order valence-corrected chi connectivity index (χ4v) is 18.0. The van der Waals surface area contributed by atoms with E-state index in [1.54, 1.807) is 0 Å². The van der Waals surface area contributed by atoms with Crippen LogP contribution >= 0.6 is 0 Å². The smallest absolute Gasteiger partial charge is 0.159 e. The second-order valence-corrected chi connectivity index (χ2v) is 34.7. The molecule has 0 amide bonds. The first-order valence-corrected chi connectivity index (χ1v) is 44.4. The molecule has 648 valence electrons. The van der Waals surface area contributed by atoms with Crippen molar-refractivity contribution in [1.29, 1.82) is 0 Å². The maximum atomic E-state index is 4.86. The van der Waals surface area contributed by atoms with Gasteiger partial charge in [-0.2, -0.15) is 5.10 Å². The molecule has 6 heterocycles. The number of imidazole rings is 3. The van der Waals surface area contributed by atoms with Crippen LogP contribution in [0.25, 0.3) is 146 Å². The number of rotatable bonds is 18. The quantitative estimate of drug-likeness (QED) is 0.0798. The molecular weight excluding hydrogens is 1930 g/mol. The average Bonchev–Trinajstić information content (AvgIpc) is 1.62. The van der Waals surface area contributed by atoms with Crippen LogP contribution in [-0.4, -0.2) is 52.6 Å². The molecule has 0 saturated heterocycles. The van der Waals surface area contributed by atoms with E-state index < -0.39 is 0 Å². The largest absolute Gasteiger partial charge is 0.351 e. The van der Waals surface area contributed by atoms with Gasteiger partial charge in [0.05, 0.1) is 23.3 Å². The van der Waals surface area contributed by atoms with Crippen molar-refractivity contribution in [2.24, 2.45) is 0 Å². The number of hydrogen-bond donors (Lipinski definition) is 0. The molecule has 6 aromatic heterocycles. The Morgan fingerprint density at radius 3 is 0.977 bits per heavy atom. The van der Waals surface area contributed by atoms with E-state index in [1.807, 2.05) is 67.3 Å². The van der Waals surface area contributed by atoms with Crippen LogP contribution in [0, 0.1) is 45.0 Å². The summed E-state index contributed by atoms with van der Waals surface area (Å²) >= 11 is 0. The van der Waals surface area contributed by atoms with Crippen LogP contribution in [0.1, 0.15) is 169 Å². The zero-order chi connectivity index (χ0) is 88.1. The van der Waals surface area contributed by atoms with Gasteiger partial charge >= 0.3 is 0 Å². The molecule has 11 nitrogen and oxygen atoms in total. The van der Waals surface area contributed by atoms with Crippen molar-refractivity contribution < 1.29 is 40.2 Å². The Labute approximate surface area is 786 Å². The molecule has 13 heteroatoms. The Kier molecular flexibility index (Phi) is 28.0. The summed E-state index contributed by atoms with van der Waals surface area (Å²) in [4.78, 5) is 14.1. The monoisotopic (exact) mass is 2040 g/mol. The third kappa shape index (κ3) is 18.2. The summed E-state index contributed by atoms with van der Waals surface area (Å²) in [7, 11) is 0. The summed E-state index contributed by atoms with van der Waals surface area (Å²) in [6.07, 6.45) is 11.8. The molecule has 0 atom stereocenters. The van der Waals surface area contributed by atoms with Crippen LogP contribution in [0.4, 0.5) is 0 Å². The van der Waals surface area contributed by atoms with Crippen LogP contribution in [0.15, 0.2) is 340 Å². The fraction of sp³-hybridized carbons (Fsp3) is 0.181. The van der Waals surface area contributed by atoms with Crippen molar-refractivity contribution in [3.8, 4) is 102 Å². The molecule has 20 aromatic rings. The van der Waals surface area contributed by atoms with Crippen molar-refractivity contribution in [2.75, 3.05) is 0 Å². The minimum absolute atomic E-state index is 0. The Morgan fingerprint density at radius 2 is 0.589 bits per heavy atom. The predicted molar refractivity (Wildman–Crippen MR) is 527 cm³/mol. The molecular formula is C116H107Ir2N11-4. The van der Waals surface area contributed by atoms with E-state index in [-0.39, 0.29) is 40.2 Å². The van der Waals surface area contributed by atoms with E-state index in [1.165, 1.54) is 128 Å². The van der Waals surface area contributed by atoms with Gasteiger partial charge in [0.2, 0.25) is 0 Å². The molecule has 0 bridgehead atoms.